The molecule has 0 aromatic heterocycles. The molecule has 1 nitrogen and oxygen atoms in total. The molecule has 0 aliphatic heterocycles. The van der Waals surface area contributed by atoms with Gasteiger partial charge in [0.05, 0.1) is 0 Å². The van der Waals surface area contributed by atoms with E-state index in [1.165, 1.54) is 0 Å². The zero-order valence-electron chi connectivity index (χ0n) is 8.28. The van der Waals surface area contributed by atoms with E-state index in [9.17, 15) is 4.79 Å². The summed E-state index contributed by atoms with van der Waals surface area (Å²) in [5.74, 6) is 0. The van der Waals surface area contributed by atoms with Gasteiger partial charge >= 0.3 is 0 Å². The number of rotatable bonds is 2. The molecule has 0 saturated heterocycles. The van der Waals surface area contributed by atoms with Crippen LogP contribution < -0.4 is 0 Å². The maximum absolute atomic E-state index is 10.5. The van der Waals surface area contributed by atoms with Gasteiger partial charge in [-0.15, -0.1) is 0 Å². The summed E-state index contributed by atoms with van der Waals surface area (Å²) in [5, 5.41) is 0.695. The minimum absolute atomic E-state index is 0.675. The highest BCUT2D eigenvalue weighted by Crippen LogP contribution is 2.30. The number of carbonyl (C=O) groups excluding carboxylic acids is 1. The van der Waals surface area contributed by atoms with Crippen molar-refractivity contribution in [2.75, 3.05) is 0 Å². The number of hydrogen-bond donors (Lipinski definition) is 0. The molecule has 16 heavy (non-hydrogen) atoms. The maximum Gasteiger partial charge on any atom is 0.150 e. The molecule has 0 N–H and O–H groups in total. The lowest BCUT2D eigenvalue weighted by molar-refractivity contribution is 0.112. The second-order valence-electron chi connectivity index (χ2n) is 3.36. The molecule has 0 heterocycles. The zero-order chi connectivity index (χ0) is 11.5. The summed E-state index contributed by atoms with van der Waals surface area (Å²) in [5.41, 5.74) is 2.78. The molecule has 3 heteroatoms. The molecule has 0 unspecified atom stereocenters. The maximum atomic E-state index is 10.5. The van der Waals surface area contributed by atoms with E-state index >= 15 is 0 Å². The number of aldehydes is 1. The zero-order valence-corrected chi connectivity index (χ0v) is 10.6. The van der Waals surface area contributed by atoms with Crippen LogP contribution in [-0.2, 0) is 0 Å². The summed E-state index contributed by atoms with van der Waals surface area (Å²) in [6.07, 6.45) is 0.834. The topological polar surface area (TPSA) is 17.1 Å². The largest absolute Gasteiger partial charge is 0.298 e. The van der Waals surface area contributed by atoms with Crippen LogP contribution in [-0.4, -0.2) is 6.29 Å². The molecule has 0 saturated carbocycles. The van der Waals surface area contributed by atoms with E-state index in [1.54, 1.807) is 12.1 Å². The lowest BCUT2D eigenvalue weighted by Crippen LogP contribution is -1.82. The van der Waals surface area contributed by atoms with Gasteiger partial charge in [0.2, 0.25) is 0 Å². The average molecular weight is 296 g/mol. The molecule has 80 valence electrons. The van der Waals surface area contributed by atoms with Crippen molar-refractivity contribution >= 4 is 33.8 Å². The van der Waals surface area contributed by atoms with Gasteiger partial charge in [-0.05, 0) is 23.3 Å². The van der Waals surface area contributed by atoms with Crippen LogP contribution in [0.2, 0.25) is 5.02 Å². The van der Waals surface area contributed by atoms with Crippen LogP contribution in [0.5, 0.6) is 0 Å². The highest BCUT2D eigenvalue weighted by atomic mass is 79.9. The number of benzene rings is 2. The summed E-state index contributed by atoms with van der Waals surface area (Å²) in [7, 11) is 0. The van der Waals surface area contributed by atoms with E-state index in [0.717, 1.165) is 21.9 Å². The van der Waals surface area contributed by atoms with Crippen molar-refractivity contribution in [2.45, 2.75) is 0 Å². The van der Waals surface area contributed by atoms with Gasteiger partial charge in [-0.3, -0.25) is 4.79 Å². The first-order valence-corrected chi connectivity index (χ1v) is 5.88. The summed E-state index contributed by atoms with van der Waals surface area (Å²) >= 11 is 9.34. The van der Waals surface area contributed by atoms with Crippen molar-refractivity contribution in [1.82, 2.24) is 0 Å². The van der Waals surface area contributed by atoms with Gasteiger partial charge in [-0.25, -0.2) is 0 Å². The van der Waals surface area contributed by atoms with E-state index in [-0.39, 0.29) is 0 Å². The van der Waals surface area contributed by atoms with Crippen molar-refractivity contribution in [2.24, 2.45) is 0 Å². The molecule has 2 aromatic rings. The molecule has 0 radical (unpaired) electrons. The number of carbonyl (C=O) groups is 1. The van der Waals surface area contributed by atoms with Crippen molar-refractivity contribution in [1.29, 1.82) is 0 Å². The first kappa shape index (κ1) is 11.4. The Morgan fingerprint density at radius 1 is 1.06 bits per heavy atom. The second-order valence-corrected chi connectivity index (χ2v) is 4.65. The Balaban J connectivity index is 2.46. The summed E-state index contributed by atoms with van der Waals surface area (Å²) in [6, 6.07) is 13.1. The number of hydrogen-bond acceptors (Lipinski definition) is 1. The molecule has 0 bridgehead atoms. The van der Waals surface area contributed by atoms with E-state index in [4.69, 9.17) is 11.6 Å². The quantitative estimate of drug-likeness (QED) is 0.741. The first-order valence-electron chi connectivity index (χ1n) is 4.71. The molecule has 0 fully saturated rings. The molecule has 0 aliphatic rings. The van der Waals surface area contributed by atoms with Gasteiger partial charge in [-0.1, -0.05) is 57.9 Å². The van der Waals surface area contributed by atoms with Gasteiger partial charge in [0.1, 0.15) is 6.29 Å². The lowest BCUT2D eigenvalue weighted by Gasteiger charge is -2.05. The van der Waals surface area contributed by atoms with Crippen molar-refractivity contribution in [3.05, 3.63) is 57.5 Å². The molecule has 0 aliphatic carbocycles. The second kappa shape index (κ2) is 4.81. The summed E-state index contributed by atoms with van der Waals surface area (Å²) < 4.78 is 0.943. The molecule has 0 spiro atoms. The molecular weight excluding hydrogens is 287 g/mol. The highest BCUT2D eigenvalue weighted by molar-refractivity contribution is 9.10. The van der Waals surface area contributed by atoms with Crippen LogP contribution in [0.1, 0.15) is 10.4 Å². The van der Waals surface area contributed by atoms with Crippen molar-refractivity contribution in [3.8, 4) is 11.1 Å². The van der Waals surface area contributed by atoms with Crippen LogP contribution in [0.15, 0.2) is 46.9 Å². The van der Waals surface area contributed by atoms with Gasteiger partial charge in [0.25, 0.3) is 0 Å². The van der Waals surface area contributed by atoms with E-state index < -0.39 is 0 Å². The first-order chi connectivity index (χ1) is 7.70. The van der Waals surface area contributed by atoms with E-state index in [2.05, 4.69) is 15.9 Å². The molecule has 2 aromatic carbocycles. The van der Waals surface area contributed by atoms with Crippen molar-refractivity contribution in [3.63, 3.8) is 0 Å². The fourth-order valence-electron chi connectivity index (χ4n) is 1.46. The van der Waals surface area contributed by atoms with Crippen LogP contribution >= 0.6 is 27.5 Å². The Hall–Kier alpha value is -1.12. The molecule has 0 amide bonds. The Bertz CT molecular complexity index is 520. The Morgan fingerprint density at radius 3 is 2.31 bits per heavy atom. The van der Waals surface area contributed by atoms with Gasteiger partial charge < -0.3 is 0 Å². The van der Waals surface area contributed by atoms with Gasteiger partial charge in [-0.2, -0.15) is 0 Å². The minimum atomic E-state index is 0.675. The molecule has 2 rings (SSSR count). The van der Waals surface area contributed by atoms with Crippen LogP contribution in [0.25, 0.3) is 11.1 Å². The fourth-order valence-corrected chi connectivity index (χ4v) is 2.38. The number of halogens is 2. The van der Waals surface area contributed by atoms with Crippen molar-refractivity contribution < 1.29 is 4.79 Å². The lowest BCUT2D eigenvalue weighted by atomic mass is 10.0. The summed E-state index contributed by atoms with van der Waals surface area (Å²) in [6.45, 7) is 0. The SMILES string of the molecule is O=Cc1ccc(-c2ccc(Cl)cc2Br)cc1. The Kier molecular flexibility index (Phi) is 3.42. The monoisotopic (exact) mass is 294 g/mol. The third kappa shape index (κ3) is 2.34. The van der Waals surface area contributed by atoms with Crippen LogP contribution in [0, 0.1) is 0 Å². The summed E-state index contributed by atoms with van der Waals surface area (Å²) in [4.78, 5) is 10.5. The molecule has 0 atom stereocenters. The normalized spacial score (nSPS) is 10.1. The highest BCUT2D eigenvalue weighted by Gasteiger charge is 2.03. The predicted octanol–water partition coefficient (Wildman–Crippen LogP) is 4.58. The average Bonchev–Trinajstić information content (AvgIpc) is 2.29. The predicted molar refractivity (Wildman–Crippen MR) is 70.0 cm³/mol. The van der Waals surface area contributed by atoms with E-state index in [1.807, 2.05) is 30.3 Å². The van der Waals surface area contributed by atoms with Crippen LogP contribution in [0.3, 0.4) is 0 Å². The Morgan fingerprint density at radius 2 is 1.75 bits per heavy atom. The minimum Gasteiger partial charge on any atom is -0.298 e. The Labute approximate surface area is 107 Å². The van der Waals surface area contributed by atoms with Gasteiger partial charge in [0.15, 0.2) is 0 Å². The molecular formula is C13H8BrClO. The standard InChI is InChI=1S/C13H8BrClO/c14-13-7-11(15)5-6-12(13)10-3-1-9(8-16)2-4-10/h1-8H. The third-order valence-electron chi connectivity index (χ3n) is 2.29. The third-order valence-corrected chi connectivity index (χ3v) is 3.18. The van der Waals surface area contributed by atoms with E-state index in [0.29, 0.717) is 10.6 Å². The fraction of sp³-hybridized carbons (Fsp3) is 0. The van der Waals surface area contributed by atoms with Crippen LogP contribution in [0.4, 0.5) is 0 Å². The van der Waals surface area contributed by atoms with Gasteiger partial charge in [0, 0.05) is 15.1 Å². The smallest absolute Gasteiger partial charge is 0.150 e.